The number of ether oxygens (including phenoxy) is 5. The molecular weight excluding hydrogens is 829 g/mol. The number of carbonyl (C=O) groups is 4. The second-order valence-corrected chi connectivity index (χ2v) is 25.7. The van der Waals surface area contributed by atoms with Gasteiger partial charge in [-0.25, -0.2) is 19.2 Å². The number of fused-ring (bicyclic) bond motifs is 2. The van der Waals surface area contributed by atoms with Gasteiger partial charge in [0.2, 0.25) is 0 Å². The van der Waals surface area contributed by atoms with Crippen molar-refractivity contribution in [2.24, 2.45) is 56.7 Å². The molecule has 3 unspecified atom stereocenters. The molecule has 13 nitrogen and oxygen atoms in total. The van der Waals surface area contributed by atoms with Gasteiger partial charge >= 0.3 is 24.1 Å². The minimum absolute atomic E-state index is 0.0782. The number of amides is 2. The van der Waals surface area contributed by atoms with Crippen LogP contribution in [0.3, 0.4) is 0 Å². The first kappa shape index (κ1) is 51.7. The summed E-state index contributed by atoms with van der Waals surface area (Å²) in [5.41, 5.74) is -4.78. The lowest BCUT2D eigenvalue weighted by molar-refractivity contribution is -0.226. The highest BCUT2D eigenvalue weighted by atomic mass is 16.6. The molecule has 65 heavy (non-hydrogen) atoms. The highest BCUT2D eigenvalue weighted by Gasteiger charge is 2.85. The third kappa shape index (κ3) is 9.07. The molecule has 16 atom stereocenters. The third-order valence-electron chi connectivity index (χ3n) is 18.5. The molecule has 2 amide bonds. The molecule has 0 bridgehead atoms. The van der Waals surface area contributed by atoms with Gasteiger partial charge in [0.1, 0.15) is 35.5 Å². The molecule has 1 heterocycles. The topological polar surface area (TPSA) is 179 Å². The molecule has 13 heteroatoms. The zero-order valence-corrected chi connectivity index (χ0v) is 43.2. The summed E-state index contributed by atoms with van der Waals surface area (Å²) in [7, 11) is 0. The van der Waals surface area contributed by atoms with Gasteiger partial charge in [0.25, 0.3) is 0 Å². The van der Waals surface area contributed by atoms with Gasteiger partial charge in [0.05, 0.1) is 23.4 Å². The van der Waals surface area contributed by atoms with Crippen LogP contribution in [0.1, 0.15) is 188 Å². The van der Waals surface area contributed by atoms with E-state index in [0.29, 0.717) is 32.1 Å². The highest BCUT2D eigenvalue weighted by Crippen LogP contribution is 2.89. The van der Waals surface area contributed by atoms with Gasteiger partial charge in [-0.3, -0.25) is 0 Å². The summed E-state index contributed by atoms with van der Waals surface area (Å²) in [5, 5.41) is 29.1. The van der Waals surface area contributed by atoms with Crippen molar-refractivity contribution in [2.75, 3.05) is 0 Å². The fourth-order valence-corrected chi connectivity index (χ4v) is 15.1. The van der Waals surface area contributed by atoms with Crippen molar-refractivity contribution in [3.05, 3.63) is 0 Å². The van der Waals surface area contributed by atoms with E-state index in [-0.39, 0.29) is 57.4 Å². The van der Waals surface area contributed by atoms with Crippen molar-refractivity contribution in [1.29, 1.82) is 0 Å². The molecule has 372 valence electrons. The molecule has 5 saturated carbocycles. The molecule has 5 aliphatic carbocycles. The molecule has 0 radical (unpaired) electrons. The first-order valence-electron chi connectivity index (χ1n) is 25.1. The minimum atomic E-state index is -1.01. The molecule has 6 fully saturated rings. The van der Waals surface area contributed by atoms with Gasteiger partial charge in [-0.15, -0.1) is 0 Å². The van der Waals surface area contributed by atoms with Crippen LogP contribution in [0.4, 0.5) is 9.59 Å². The van der Waals surface area contributed by atoms with Gasteiger partial charge in [-0.05, 0) is 160 Å². The normalized spacial score (nSPS) is 40.3. The molecule has 1 saturated heterocycles. The maximum atomic E-state index is 14.8. The Balaban J connectivity index is 1.37. The van der Waals surface area contributed by atoms with Crippen molar-refractivity contribution in [1.82, 2.24) is 10.6 Å². The summed E-state index contributed by atoms with van der Waals surface area (Å²) in [5.74, 6) is -1.75. The number of esters is 2. The van der Waals surface area contributed by atoms with E-state index in [2.05, 4.69) is 45.3 Å². The van der Waals surface area contributed by atoms with Crippen LogP contribution in [0.2, 0.25) is 0 Å². The second-order valence-electron chi connectivity index (χ2n) is 25.7. The minimum Gasteiger partial charge on any atom is -0.460 e. The van der Waals surface area contributed by atoms with Gasteiger partial charge < -0.3 is 44.5 Å². The van der Waals surface area contributed by atoms with Crippen molar-refractivity contribution in [3.8, 4) is 0 Å². The zero-order valence-electron chi connectivity index (χ0n) is 43.2. The first-order chi connectivity index (χ1) is 29.6. The van der Waals surface area contributed by atoms with Gasteiger partial charge in [0.15, 0.2) is 0 Å². The standard InChI is InChI=1S/C52H88N2O11/c1-18-29(3)36(53-42(58)64-44(5,6)7)40(56)61-32-26-33-49(16)27-31(55)38(50(17)22-20-35(63-50)47(13,14)60)48(49,15)24-25-51(33)28-52(51)23-21-34(46(11,12)39(32)52)62-41(57)37(30(4)19-2)54-43(59)65-45(8,9)10/h29-39,55,60H,18-28H2,1-17H3,(H,53,58)(H,54,59)/t29?,30?,31-,32-,33?,34-,35-,36-,37-,38-,39-,48+,49-,50+,51-,52+/m0/s1. The van der Waals surface area contributed by atoms with Crippen LogP contribution in [0.25, 0.3) is 0 Å². The van der Waals surface area contributed by atoms with Gasteiger partial charge in [0, 0.05) is 17.3 Å². The van der Waals surface area contributed by atoms with Crippen molar-refractivity contribution < 1.29 is 53.1 Å². The molecule has 0 aromatic heterocycles. The Labute approximate surface area is 390 Å². The predicted molar refractivity (Wildman–Crippen MR) is 247 cm³/mol. The van der Waals surface area contributed by atoms with E-state index in [9.17, 15) is 29.4 Å². The van der Waals surface area contributed by atoms with E-state index in [1.165, 1.54) is 0 Å². The van der Waals surface area contributed by atoms with E-state index >= 15 is 0 Å². The lowest BCUT2D eigenvalue weighted by Crippen LogP contribution is -2.63. The van der Waals surface area contributed by atoms with Crippen LogP contribution in [0, 0.1) is 56.7 Å². The Bertz CT molecular complexity index is 1820. The Hall–Kier alpha value is -2.64. The van der Waals surface area contributed by atoms with Crippen molar-refractivity contribution >= 4 is 24.1 Å². The SMILES string of the molecule is CCC(C)[C@H](NC(=O)OC(C)(C)C)C(=O)O[C@H]1CC2[C@]3(CC[C@]4(C)[C@@H]([C@@]5(C)CC[C@@H](C(C)(C)O)O5)[C@@H](O)C[C@@]24C)C[C@@]32CC[C@H](OC(=O)[C@@H](NC(=O)OC(C)(C)C)C(C)CC)C(C)(C)[C@H]12. The number of hydrogen-bond donors (Lipinski definition) is 4. The van der Waals surface area contributed by atoms with Crippen molar-refractivity contribution in [3.63, 3.8) is 0 Å². The lowest BCUT2D eigenvalue weighted by atomic mass is 9.41. The van der Waals surface area contributed by atoms with Gasteiger partial charge in [-0.2, -0.15) is 0 Å². The van der Waals surface area contributed by atoms with Crippen molar-refractivity contribution in [2.45, 2.75) is 247 Å². The number of carbonyl (C=O) groups excluding carboxylic acids is 4. The Kier molecular flexibility index (Phi) is 13.6. The van der Waals surface area contributed by atoms with E-state index in [0.717, 1.165) is 38.5 Å². The summed E-state index contributed by atoms with van der Waals surface area (Å²) < 4.78 is 31.5. The fourth-order valence-electron chi connectivity index (χ4n) is 15.1. The summed E-state index contributed by atoms with van der Waals surface area (Å²) in [6.07, 6.45) is 4.64. The van der Waals surface area contributed by atoms with Crippen LogP contribution >= 0.6 is 0 Å². The molecule has 0 aromatic carbocycles. The molecule has 6 aliphatic rings. The number of alkyl carbamates (subject to hydrolysis) is 2. The number of aliphatic hydroxyl groups excluding tert-OH is 1. The first-order valence-corrected chi connectivity index (χ1v) is 25.1. The molecule has 0 aromatic rings. The van der Waals surface area contributed by atoms with E-state index < -0.39 is 82.3 Å². The number of hydrogen-bond acceptors (Lipinski definition) is 11. The summed E-state index contributed by atoms with van der Waals surface area (Å²) in [4.78, 5) is 55.5. The molecular formula is C52H88N2O11. The van der Waals surface area contributed by atoms with Crippen LogP contribution in [-0.4, -0.2) is 93.2 Å². The van der Waals surface area contributed by atoms with E-state index in [1.54, 1.807) is 55.4 Å². The highest BCUT2D eigenvalue weighted by molar-refractivity contribution is 5.82. The largest absolute Gasteiger partial charge is 0.460 e. The summed E-state index contributed by atoms with van der Waals surface area (Å²) in [6, 6.07) is -1.88. The Morgan fingerprint density at radius 1 is 0.708 bits per heavy atom. The van der Waals surface area contributed by atoms with Crippen LogP contribution in [0.5, 0.6) is 0 Å². The number of aliphatic hydroxyl groups is 2. The molecule has 4 N–H and O–H groups in total. The second kappa shape index (κ2) is 17.1. The van der Waals surface area contributed by atoms with E-state index in [1.807, 2.05) is 27.7 Å². The maximum absolute atomic E-state index is 14.8. The molecule has 1 aliphatic heterocycles. The smallest absolute Gasteiger partial charge is 0.408 e. The average Bonchev–Trinajstić information content (AvgIpc) is 3.52. The van der Waals surface area contributed by atoms with Crippen LogP contribution < -0.4 is 10.6 Å². The maximum Gasteiger partial charge on any atom is 0.408 e. The summed E-state index contributed by atoms with van der Waals surface area (Å²) in [6.45, 7) is 33.3. The molecule has 6 rings (SSSR count). The monoisotopic (exact) mass is 917 g/mol. The Morgan fingerprint density at radius 3 is 1.71 bits per heavy atom. The number of rotatable bonds is 12. The molecule has 2 spiro atoms. The Morgan fingerprint density at radius 2 is 1.23 bits per heavy atom. The summed E-state index contributed by atoms with van der Waals surface area (Å²) >= 11 is 0. The van der Waals surface area contributed by atoms with Crippen LogP contribution in [-0.2, 0) is 33.3 Å². The number of nitrogens with one attached hydrogen (secondary N) is 2. The quantitative estimate of drug-likeness (QED) is 0.108. The van der Waals surface area contributed by atoms with Gasteiger partial charge in [-0.1, -0.05) is 68.2 Å². The predicted octanol–water partition coefficient (Wildman–Crippen LogP) is 9.42. The van der Waals surface area contributed by atoms with Crippen LogP contribution in [0.15, 0.2) is 0 Å². The lowest BCUT2D eigenvalue weighted by Gasteiger charge is -2.64. The zero-order chi connectivity index (χ0) is 48.9. The third-order valence-corrected chi connectivity index (χ3v) is 18.5. The fraction of sp³-hybridized carbons (Fsp3) is 0.923. The van der Waals surface area contributed by atoms with E-state index in [4.69, 9.17) is 23.7 Å². The average molecular weight is 917 g/mol.